The molecule has 0 atom stereocenters. The van der Waals surface area contributed by atoms with Crippen LogP contribution in [-0.2, 0) is 4.79 Å². The fraction of sp³-hybridized carbons (Fsp3) is 0.176. The van der Waals surface area contributed by atoms with Crippen molar-refractivity contribution in [2.45, 2.75) is 13.8 Å². The van der Waals surface area contributed by atoms with Crippen LogP contribution >= 0.6 is 0 Å². The van der Waals surface area contributed by atoms with Gasteiger partial charge in [-0.15, -0.1) is 0 Å². The fourth-order valence-electron chi connectivity index (χ4n) is 1.93. The molecule has 114 valence electrons. The summed E-state index contributed by atoms with van der Waals surface area (Å²) in [6, 6.07) is 13.0. The SMILES string of the molecule is Cc1cccc(NCC(=O)N/N=C\c2cc(C)ccc2O)c1. The summed E-state index contributed by atoms with van der Waals surface area (Å²) >= 11 is 0. The van der Waals surface area contributed by atoms with E-state index in [0.29, 0.717) is 5.56 Å². The smallest absolute Gasteiger partial charge is 0.259 e. The Hall–Kier alpha value is -2.82. The lowest BCUT2D eigenvalue weighted by atomic mass is 10.1. The van der Waals surface area contributed by atoms with Crippen molar-refractivity contribution in [3.63, 3.8) is 0 Å². The van der Waals surface area contributed by atoms with Crippen LogP contribution in [0.5, 0.6) is 5.75 Å². The van der Waals surface area contributed by atoms with Gasteiger partial charge in [-0.2, -0.15) is 5.10 Å². The number of benzene rings is 2. The van der Waals surface area contributed by atoms with Crippen LogP contribution in [0.1, 0.15) is 16.7 Å². The number of phenols is 1. The Bertz CT molecular complexity index is 696. The lowest BCUT2D eigenvalue weighted by Crippen LogP contribution is -2.25. The standard InChI is InChI=1S/C17H19N3O2/c1-12-4-3-5-15(9-12)18-11-17(22)20-19-10-14-8-13(2)6-7-16(14)21/h3-10,18,21H,11H2,1-2H3,(H,20,22)/b19-10-. The summed E-state index contributed by atoms with van der Waals surface area (Å²) in [7, 11) is 0. The number of hydrogen-bond acceptors (Lipinski definition) is 4. The Morgan fingerprint density at radius 1 is 1.18 bits per heavy atom. The first-order valence-electron chi connectivity index (χ1n) is 6.96. The molecular formula is C17H19N3O2. The van der Waals surface area contributed by atoms with Gasteiger partial charge in [0.1, 0.15) is 5.75 Å². The lowest BCUT2D eigenvalue weighted by Gasteiger charge is -2.06. The first-order valence-corrected chi connectivity index (χ1v) is 6.96. The molecule has 0 fully saturated rings. The number of phenolic OH excluding ortho intramolecular Hbond substituents is 1. The molecule has 0 radical (unpaired) electrons. The summed E-state index contributed by atoms with van der Waals surface area (Å²) in [4.78, 5) is 11.7. The summed E-state index contributed by atoms with van der Waals surface area (Å²) in [5.41, 5.74) is 6.00. The summed E-state index contributed by atoms with van der Waals surface area (Å²) in [6.45, 7) is 4.03. The van der Waals surface area contributed by atoms with Gasteiger partial charge in [-0.25, -0.2) is 5.43 Å². The molecule has 5 nitrogen and oxygen atoms in total. The van der Waals surface area contributed by atoms with Gasteiger partial charge in [0.25, 0.3) is 5.91 Å². The molecule has 2 rings (SSSR count). The lowest BCUT2D eigenvalue weighted by molar-refractivity contribution is -0.119. The van der Waals surface area contributed by atoms with Gasteiger partial charge in [-0.1, -0.05) is 23.8 Å². The van der Waals surface area contributed by atoms with Crippen LogP contribution in [0, 0.1) is 13.8 Å². The summed E-state index contributed by atoms with van der Waals surface area (Å²) in [5.74, 6) is -0.133. The van der Waals surface area contributed by atoms with Crippen LogP contribution in [0.2, 0.25) is 0 Å². The van der Waals surface area contributed by atoms with Crippen LogP contribution in [0.3, 0.4) is 0 Å². The van der Waals surface area contributed by atoms with E-state index in [-0.39, 0.29) is 18.2 Å². The molecule has 0 unspecified atom stereocenters. The van der Waals surface area contributed by atoms with Gasteiger partial charge >= 0.3 is 0 Å². The van der Waals surface area contributed by atoms with Gasteiger partial charge in [0.2, 0.25) is 0 Å². The zero-order chi connectivity index (χ0) is 15.9. The Balaban J connectivity index is 1.85. The molecule has 0 aliphatic heterocycles. The van der Waals surface area contributed by atoms with Crippen molar-refractivity contribution in [1.82, 2.24) is 5.43 Å². The highest BCUT2D eigenvalue weighted by atomic mass is 16.3. The molecule has 0 spiro atoms. The third kappa shape index (κ3) is 4.63. The maximum Gasteiger partial charge on any atom is 0.259 e. The van der Waals surface area contributed by atoms with Crippen LogP contribution in [0.25, 0.3) is 0 Å². The Morgan fingerprint density at radius 2 is 1.95 bits per heavy atom. The summed E-state index contributed by atoms with van der Waals surface area (Å²) < 4.78 is 0. The van der Waals surface area contributed by atoms with Gasteiger partial charge in [0, 0.05) is 11.3 Å². The molecule has 0 bridgehead atoms. The molecule has 0 aromatic heterocycles. The average Bonchev–Trinajstić information content (AvgIpc) is 2.49. The van der Waals surface area contributed by atoms with Gasteiger partial charge < -0.3 is 10.4 Å². The molecule has 0 saturated carbocycles. The monoisotopic (exact) mass is 297 g/mol. The number of nitrogens with one attached hydrogen (secondary N) is 2. The first-order chi connectivity index (χ1) is 10.5. The molecule has 0 heterocycles. The summed E-state index contributed by atoms with van der Waals surface area (Å²) in [5, 5.41) is 16.5. The molecule has 2 aromatic rings. The predicted molar refractivity (Wildman–Crippen MR) is 88.2 cm³/mol. The maximum atomic E-state index is 11.7. The van der Waals surface area contributed by atoms with E-state index in [0.717, 1.165) is 16.8 Å². The number of hydrogen-bond donors (Lipinski definition) is 3. The largest absolute Gasteiger partial charge is 0.507 e. The molecule has 2 aromatic carbocycles. The third-order valence-corrected chi connectivity index (χ3v) is 3.05. The number of hydrazone groups is 1. The average molecular weight is 297 g/mol. The Kier molecular flexibility index (Phi) is 5.14. The van der Waals surface area contributed by atoms with E-state index in [1.165, 1.54) is 6.21 Å². The molecular weight excluding hydrogens is 278 g/mol. The summed E-state index contributed by atoms with van der Waals surface area (Å²) in [6.07, 6.45) is 1.42. The zero-order valence-electron chi connectivity index (χ0n) is 12.6. The van der Waals surface area contributed by atoms with E-state index < -0.39 is 0 Å². The quantitative estimate of drug-likeness (QED) is 0.586. The number of carbonyl (C=O) groups excluding carboxylic acids is 1. The first kappa shape index (κ1) is 15.6. The van der Waals surface area contributed by atoms with Crippen LogP contribution in [0.15, 0.2) is 47.6 Å². The number of aryl methyl sites for hydroxylation is 2. The molecule has 5 heteroatoms. The van der Waals surface area contributed by atoms with Crippen molar-refractivity contribution in [1.29, 1.82) is 0 Å². The van der Waals surface area contributed by atoms with Crippen molar-refractivity contribution in [2.75, 3.05) is 11.9 Å². The number of nitrogens with zero attached hydrogens (tertiary/aromatic N) is 1. The van der Waals surface area contributed by atoms with Crippen molar-refractivity contribution in [3.8, 4) is 5.75 Å². The molecule has 0 saturated heterocycles. The van der Waals surface area contributed by atoms with E-state index in [1.54, 1.807) is 18.2 Å². The number of amides is 1. The molecule has 1 amide bonds. The molecule has 0 aliphatic carbocycles. The minimum absolute atomic E-state index is 0.126. The van der Waals surface area contributed by atoms with Crippen molar-refractivity contribution in [3.05, 3.63) is 59.2 Å². The minimum Gasteiger partial charge on any atom is -0.507 e. The van der Waals surface area contributed by atoms with Gasteiger partial charge in [-0.3, -0.25) is 4.79 Å². The van der Waals surface area contributed by atoms with E-state index in [4.69, 9.17) is 0 Å². The number of aromatic hydroxyl groups is 1. The Morgan fingerprint density at radius 3 is 2.73 bits per heavy atom. The third-order valence-electron chi connectivity index (χ3n) is 3.05. The number of carbonyl (C=O) groups is 1. The van der Waals surface area contributed by atoms with E-state index in [2.05, 4.69) is 15.8 Å². The van der Waals surface area contributed by atoms with Gasteiger partial charge in [-0.05, 0) is 43.7 Å². The van der Waals surface area contributed by atoms with Crippen LogP contribution in [-0.4, -0.2) is 23.8 Å². The minimum atomic E-state index is -0.259. The molecule has 3 N–H and O–H groups in total. The topological polar surface area (TPSA) is 73.7 Å². The Labute approximate surface area is 129 Å². The van der Waals surface area contributed by atoms with E-state index >= 15 is 0 Å². The fourth-order valence-corrected chi connectivity index (χ4v) is 1.93. The second-order valence-electron chi connectivity index (χ2n) is 5.08. The highest BCUT2D eigenvalue weighted by Crippen LogP contribution is 2.15. The zero-order valence-corrected chi connectivity index (χ0v) is 12.6. The second kappa shape index (κ2) is 7.26. The van der Waals surface area contributed by atoms with E-state index in [1.807, 2.05) is 38.1 Å². The van der Waals surface area contributed by atoms with E-state index in [9.17, 15) is 9.90 Å². The molecule has 22 heavy (non-hydrogen) atoms. The second-order valence-corrected chi connectivity index (χ2v) is 5.08. The number of anilines is 1. The predicted octanol–water partition coefficient (Wildman–Crippen LogP) is 2.57. The number of rotatable bonds is 5. The van der Waals surface area contributed by atoms with Crippen molar-refractivity contribution in [2.24, 2.45) is 5.10 Å². The van der Waals surface area contributed by atoms with Crippen LogP contribution < -0.4 is 10.7 Å². The van der Waals surface area contributed by atoms with Crippen molar-refractivity contribution < 1.29 is 9.90 Å². The highest BCUT2D eigenvalue weighted by molar-refractivity contribution is 5.86. The maximum absolute atomic E-state index is 11.7. The van der Waals surface area contributed by atoms with Crippen LogP contribution in [0.4, 0.5) is 5.69 Å². The van der Waals surface area contributed by atoms with Crippen molar-refractivity contribution >= 4 is 17.8 Å². The normalized spacial score (nSPS) is 10.6. The molecule has 0 aliphatic rings. The van der Waals surface area contributed by atoms with Gasteiger partial charge in [0.15, 0.2) is 0 Å². The van der Waals surface area contributed by atoms with Gasteiger partial charge in [0.05, 0.1) is 12.8 Å². The highest BCUT2D eigenvalue weighted by Gasteiger charge is 2.01.